The Kier molecular flexibility index (Phi) is 40.7. The van der Waals surface area contributed by atoms with Crippen LogP contribution in [-0.4, -0.2) is 13.1 Å². The van der Waals surface area contributed by atoms with Crippen LogP contribution in [0.3, 0.4) is 0 Å². The maximum absolute atomic E-state index is 3.96. The summed E-state index contributed by atoms with van der Waals surface area (Å²) in [7, 11) is 0. The van der Waals surface area contributed by atoms with Gasteiger partial charge in [0.2, 0.25) is 0 Å². The smallest absolute Gasteiger partial charge is 0.0140 e. The van der Waals surface area contributed by atoms with Crippen LogP contribution in [0.2, 0.25) is 0 Å². The molecule has 0 spiro atoms. The molecule has 182 valence electrons. The molecule has 0 saturated heterocycles. The molecule has 0 aliphatic rings. The number of allylic oxidation sites excluding steroid dienone is 2. The third-order valence-electron chi connectivity index (χ3n) is 5.25. The molecular formula is C29H61N. The standard InChI is InChI=1S/C22H43N.C5H12.C2H6/c1-4-7-9-11-12-13-14-15-16-18-22(6-3)19-21-23-20-17-10-8-5-2;1-3-5-4-2;1-2/h6,19,23H,3-5,7-18,20-21H2,1-2H3;3-5H2,1-2H3;1-2H3/b22-19+;;. The molecule has 0 saturated carbocycles. The van der Waals surface area contributed by atoms with Crippen molar-refractivity contribution in [3.63, 3.8) is 0 Å². The SMILES string of the molecule is C=C/C(=C\CNCCCCCC)CCCCCCCCCCC.CC.CCCCC. The van der Waals surface area contributed by atoms with Gasteiger partial charge in [0.1, 0.15) is 0 Å². The van der Waals surface area contributed by atoms with Gasteiger partial charge in [-0.15, -0.1) is 0 Å². The van der Waals surface area contributed by atoms with E-state index < -0.39 is 0 Å². The third-order valence-corrected chi connectivity index (χ3v) is 5.25. The van der Waals surface area contributed by atoms with Gasteiger partial charge in [-0.05, 0) is 25.8 Å². The van der Waals surface area contributed by atoms with Gasteiger partial charge in [-0.3, -0.25) is 0 Å². The lowest BCUT2D eigenvalue weighted by molar-refractivity contribution is 0.565. The van der Waals surface area contributed by atoms with Gasteiger partial charge < -0.3 is 5.32 Å². The minimum absolute atomic E-state index is 1.00. The van der Waals surface area contributed by atoms with Crippen molar-refractivity contribution < 1.29 is 0 Å². The average Bonchev–Trinajstić information content (AvgIpc) is 2.78. The van der Waals surface area contributed by atoms with Gasteiger partial charge in [0, 0.05) is 6.54 Å². The van der Waals surface area contributed by atoms with Crippen LogP contribution in [0.1, 0.15) is 151 Å². The monoisotopic (exact) mass is 423 g/mol. The third kappa shape index (κ3) is 34.9. The Bertz CT molecular complexity index is 303. The van der Waals surface area contributed by atoms with Gasteiger partial charge in [0.15, 0.2) is 0 Å². The van der Waals surface area contributed by atoms with Crippen LogP contribution in [0.25, 0.3) is 0 Å². The van der Waals surface area contributed by atoms with Crippen molar-refractivity contribution in [3.8, 4) is 0 Å². The first-order valence-electron chi connectivity index (χ1n) is 13.8. The summed E-state index contributed by atoms with van der Waals surface area (Å²) in [5, 5.41) is 3.52. The second-order valence-electron chi connectivity index (χ2n) is 8.18. The number of nitrogens with one attached hydrogen (secondary N) is 1. The summed E-state index contributed by atoms with van der Waals surface area (Å²) in [6, 6.07) is 0. The molecule has 0 unspecified atom stereocenters. The fraction of sp³-hybridized carbons (Fsp3) is 0.862. The van der Waals surface area contributed by atoms with Crippen LogP contribution >= 0.6 is 0 Å². The molecule has 0 amide bonds. The van der Waals surface area contributed by atoms with Crippen molar-refractivity contribution in [1.82, 2.24) is 5.32 Å². The molecule has 0 aromatic carbocycles. The Hall–Kier alpha value is -0.560. The van der Waals surface area contributed by atoms with Crippen LogP contribution in [0.5, 0.6) is 0 Å². The second kappa shape index (κ2) is 35.9. The van der Waals surface area contributed by atoms with Crippen molar-refractivity contribution in [1.29, 1.82) is 0 Å². The number of rotatable bonds is 20. The minimum atomic E-state index is 1.00. The topological polar surface area (TPSA) is 12.0 Å². The summed E-state index contributed by atoms with van der Waals surface area (Å²) in [5.41, 5.74) is 1.43. The molecule has 0 aromatic rings. The van der Waals surface area contributed by atoms with Gasteiger partial charge in [0.25, 0.3) is 0 Å². The quantitative estimate of drug-likeness (QED) is 0.152. The van der Waals surface area contributed by atoms with Crippen LogP contribution < -0.4 is 5.32 Å². The molecule has 0 rings (SSSR count). The normalized spacial score (nSPS) is 10.7. The fourth-order valence-corrected chi connectivity index (χ4v) is 3.26. The fourth-order valence-electron chi connectivity index (χ4n) is 3.26. The maximum Gasteiger partial charge on any atom is 0.0140 e. The molecule has 0 bridgehead atoms. The van der Waals surface area contributed by atoms with E-state index in [9.17, 15) is 0 Å². The Morgan fingerprint density at radius 1 is 0.600 bits per heavy atom. The first-order valence-corrected chi connectivity index (χ1v) is 13.8. The van der Waals surface area contributed by atoms with E-state index in [0.29, 0.717) is 0 Å². The van der Waals surface area contributed by atoms with E-state index in [4.69, 9.17) is 0 Å². The lowest BCUT2D eigenvalue weighted by Gasteiger charge is -2.05. The van der Waals surface area contributed by atoms with Crippen molar-refractivity contribution in [2.24, 2.45) is 0 Å². The summed E-state index contributed by atoms with van der Waals surface area (Å²) >= 11 is 0. The van der Waals surface area contributed by atoms with Crippen LogP contribution in [0.4, 0.5) is 0 Å². The van der Waals surface area contributed by atoms with E-state index in [1.165, 1.54) is 115 Å². The lowest BCUT2D eigenvalue weighted by atomic mass is 10.0. The maximum atomic E-state index is 3.96. The molecule has 1 nitrogen and oxygen atoms in total. The Labute approximate surface area is 193 Å². The number of hydrogen-bond donors (Lipinski definition) is 1. The molecule has 30 heavy (non-hydrogen) atoms. The number of unbranched alkanes of at least 4 members (excludes halogenated alkanes) is 13. The zero-order chi connectivity index (χ0) is 23.1. The average molecular weight is 424 g/mol. The van der Waals surface area contributed by atoms with E-state index in [1.807, 2.05) is 19.9 Å². The Morgan fingerprint density at radius 3 is 1.47 bits per heavy atom. The summed E-state index contributed by atoms with van der Waals surface area (Å²) in [4.78, 5) is 0. The highest BCUT2D eigenvalue weighted by molar-refractivity contribution is 5.16. The largest absolute Gasteiger partial charge is 0.313 e. The van der Waals surface area contributed by atoms with Crippen molar-refractivity contribution in [2.45, 2.75) is 151 Å². The van der Waals surface area contributed by atoms with Crippen LogP contribution in [0, 0.1) is 0 Å². The van der Waals surface area contributed by atoms with E-state index in [1.54, 1.807) is 0 Å². The highest BCUT2D eigenvalue weighted by Gasteiger charge is 1.95. The van der Waals surface area contributed by atoms with Crippen molar-refractivity contribution in [2.75, 3.05) is 13.1 Å². The summed E-state index contributed by atoms with van der Waals surface area (Å²) in [6.45, 7) is 19.1. The van der Waals surface area contributed by atoms with E-state index in [0.717, 1.165) is 13.1 Å². The predicted molar refractivity (Wildman–Crippen MR) is 144 cm³/mol. The molecule has 1 N–H and O–H groups in total. The molecule has 0 heterocycles. The molecule has 0 aliphatic heterocycles. The van der Waals surface area contributed by atoms with Gasteiger partial charge in [0.05, 0.1) is 0 Å². The highest BCUT2D eigenvalue weighted by atomic mass is 14.8. The van der Waals surface area contributed by atoms with Crippen molar-refractivity contribution in [3.05, 3.63) is 24.3 Å². The zero-order valence-corrected chi connectivity index (χ0v) is 22.3. The first kappa shape index (κ1) is 34.1. The van der Waals surface area contributed by atoms with Crippen LogP contribution in [-0.2, 0) is 0 Å². The minimum Gasteiger partial charge on any atom is -0.313 e. The molecule has 0 radical (unpaired) electrons. The van der Waals surface area contributed by atoms with Crippen molar-refractivity contribution >= 4 is 0 Å². The predicted octanol–water partition coefficient (Wildman–Crippen LogP) is 10.4. The molecule has 0 aliphatic carbocycles. The first-order chi connectivity index (χ1) is 14.8. The van der Waals surface area contributed by atoms with Crippen LogP contribution in [0.15, 0.2) is 24.3 Å². The van der Waals surface area contributed by atoms with Gasteiger partial charge in [-0.1, -0.05) is 156 Å². The molecule has 0 aromatic heterocycles. The van der Waals surface area contributed by atoms with E-state index in [-0.39, 0.29) is 0 Å². The molecule has 1 heteroatoms. The van der Waals surface area contributed by atoms with Gasteiger partial charge in [-0.2, -0.15) is 0 Å². The Morgan fingerprint density at radius 2 is 1.03 bits per heavy atom. The van der Waals surface area contributed by atoms with Gasteiger partial charge >= 0.3 is 0 Å². The molecule has 0 atom stereocenters. The van der Waals surface area contributed by atoms with Gasteiger partial charge in [-0.25, -0.2) is 0 Å². The zero-order valence-electron chi connectivity index (χ0n) is 22.3. The Balaban J connectivity index is -0.000000901. The summed E-state index contributed by atoms with van der Waals surface area (Å²) in [5.74, 6) is 0. The van der Waals surface area contributed by atoms with E-state index >= 15 is 0 Å². The second-order valence-corrected chi connectivity index (χ2v) is 8.18. The molecule has 0 fully saturated rings. The summed E-state index contributed by atoms with van der Waals surface area (Å²) < 4.78 is 0. The number of hydrogen-bond acceptors (Lipinski definition) is 1. The highest BCUT2D eigenvalue weighted by Crippen LogP contribution is 2.13. The van der Waals surface area contributed by atoms with E-state index in [2.05, 4.69) is 45.7 Å². The lowest BCUT2D eigenvalue weighted by Crippen LogP contribution is -2.15. The summed E-state index contributed by atoms with van der Waals surface area (Å²) in [6.07, 6.45) is 27.6. The molecular weight excluding hydrogens is 362 g/mol.